The molecule has 1 N–H and O–H groups in total. The van der Waals surface area contributed by atoms with Gasteiger partial charge in [-0.2, -0.15) is 0 Å². The molecule has 2 nitrogen and oxygen atoms in total. The lowest BCUT2D eigenvalue weighted by molar-refractivity contribution is 0.0374. The van der Waals surface area contributed by atoms with Gasteiger partial charge >= 0.3 is 0 Å². The van der Waals surface area contributed by atoms with E-state index in [1.54, 1.807) is 0 Å². The van der Waals surface area contributed by atoms with Crippen LogP contribution in [0.25, 0.3) is 0 Å². The van der Waals surface area contributed by atoms with Crippen molar-refractivity contribution in [2.45, 2.75) is 50.7 Å². The molecule has 0 bridgehead atoms. The maximum absolute atomic E-state index is 14.3. The quantitative estimate of drug-likeness (QED) is 0.808. The van der Waals surface area contributed by atoms with Gasteiger partial charge in [0.1, 0.15) is 11.6 Å². The molecule has 1 unspecified atom stereocenters. The molecule has 1 saturated heterocycles. The lowest BCUT2D eigenvalue weighted by Gasteiger charge is -2.48. The standard InChI is InChI=1S/C16H21BrF2N2/c1-11-8-21(16(10-20-11)6-2-3-7-16)9-12-14(18)5-4-13(17)15(12)19/h4-5,11,20H,2-3,6-10H2,1H3. The Hall–Kier alpha value is -0.520. The Bertz CT molecular complexity index is 529. The molecule has 1 atom stereocenters. The Morgan fingerprint density at radius 3 is 2.76 bits per heavy atom. The van der Waals surface area contributed by atoms with Gasteiger partial charge in [-0.1, -0.05) is 12.8 Å². The van der Waals surface area contributed by atoms with Crippen molar-refractivity contribution >= 4 is 15.9 Å². The van der Waals surface area contributed by atoms with E-state index in [1.807, 2.05) is 0 Å². The second kappa shape index (κ2) is 5.94. The smallest absolute Gasteiger partial charge is 0.144 e. The van der Waals surface area contributed by atoms with Crippen LogP contribution in [0.5, 0.6) is 0 Å². The predicted octanol–water partition coefficient (Wildman–Crippen LogP) is 3.83. The minimum absolute atomic E-state index is 0.0771. The molecule has 1 saturated carbocycles. The van der Waals surface area contributed by atoms with E-state index >= 15 is 0 Å². The molecule has 116 valence electrons. The molecule has 1 aliphatic heterocycles. The average molecular weight is 359 g/mol. The Balaban J connectivity index is 1.89. The van der Waals surface area contributed by atoms with Crippen LogP contribution in [0.15, 0.2) is 16.6 Å². The second-order valence-corrected chi connectivity index (χ2v) is 7.27. The van der Waals surface area contributed by atoms with E-state index in [4.69, 9.17) is 0 Å². The molecular weight excluding hydrogens is 338 g/mol. The number of rotatable bonds is 2. The van der Waals surface area contributed by atoms with Crippen LogP contribution >= 0.6 is 15.9 Å². The van der Waals surface area contributed by atoms with E-state index in [-0.39, 0.29) is 11.1 Å². The first-order valence-corrected chi connectivity index (χ1v) is 8.42. The lowest BCUT2D eigenvalue weighted by atomic mass is 9.90. The molecule has 1 heterocycles. The summed E-state index contributed by atoms with van der Waals surface area (Å²) < 4.78 is 28.7. The molecule has 1 aromatic rings. The van der Waals surface area contributed by atoms with Crippen molar-refractivity contribution in [3.63, 3.8) is 0 Å². The van der Waals surface area contributed by atoms with E-state index < -0.39 is 11.6 Å². The largest absolute Gasteiger partial charge is 0.311 e. The highest BCUT2D eigenvalue weighted by atomic mass is 79.9. The van der Waals surface area contributed by atoms with E-state index in [9.17, 15) is 8.78 Å². The summed E-state index contributed by atoms with van der Waals surface area (Å²) in [6, 6.07) is 3.13. The number of nitrogens with one attached hydrogen (secondary N) is 1. The van der Waals surface area contributed by atoms with Crippen molar-refractivity contribution in [2.24, 2.45) is 0 Å². The first kappa shape index (κ1) is 15.4. The number of hydrogen-bond donors (Lipinski definition) is 1. The fraction of sp³-hybridized carbons (Fsp3) is 0.625. The summed E-state index contributed by atoms with van der Waals surface area (Å²) in [5.74, 6) is -0.913. The van der Waals surface area contributed by atoms with E-state index in [0.717, 1.165) is 25.9 Å². The number of hydrogen-bond acceptors (Lipinski definition) is 2. The number of halogens is 3. The van der Waals surface area contributed by atoms with Crippen molar-refractivity contribution in [3.8, 4) is 0 Å². The molecule has 1 aromatic carbocycles. The zero-order chi connectivity index (χ0) is 15.0. The molecule has 2 aliphatic rings. The van der Waals surface area contributed by atoms with Gasteiger partial charge in [0, 0.05) is 36.8 Å². The third-order valence-corrected chi connectivity index (χ3v) is 5.58. The molecule has 1 spiro atoms. The average Bonchev–Trinajstić information content (AvgIpc) is 2.93. The third-order valence-electron chi connectivity index (χ3n) is 4.97. The zero-order valence-electron chi connectivity index (χ0n) is 12.3. The van der Waals surface area contributed by atoms with Crippen LogP contribution < -0.4 is 5.32 Å². The number of piperazine rings is 1. The highest BCUT2D eigenvalue weighted by Crippen LogP contribution is 2.38. The summed E-state index contributed by atoms with van der Waals surface area (Å²) in [6.07, 6.45) is 4.64. The van der Waals surface area contributed by atoms with Gasteiger partial charge in [-0.15, -0.1) is 0 Å². The minimum Gasteiger partial charge on any atom is -0.311 e. The zero-order valence-corrected chi connectivity index (χ0v) is 13.8. The Morgan fingerprint density at radius 1 is 1.33 bits per heavy atom. The number of benzene rings is 1. The maximum Gasteiger partial charge on any atom is 0.144 e. The summed E-state index contributed by atoms with van der Waals surface area (Å²) in [7, 11) is 0. The van der Waals surface area contributed by atoms with Crippen LogP contribution in [0.1, 0.15) is 38.2 Å². The SMILES string of the molecule is CC1CN(Cc2c(F)ccc(Br)c2F)C2(CCCC2)CN1. The van der Waals surface area contributed by atoms with E-state index in [0.29, 0.717) is 17.1 Å². The van der Waals surface area contributed by atoms with Crippen LogP contribution in [0, 0.1) is 11.6 Å². The van der Waals surface area contributed by atoms with Crippen LogP contribution in [0.3, 0.4) is 0 Å². The van der Waals surface area contributed by atoms with Gasteiger partial charge in [-0.05, 0) is 47.8 Å². The molecule has 0 radical (unpaired) electrons. The van der Waals surface area contributed by atoms with Crippen LogP contribution in [0.4, 0.5) is 8.78 Å². The van der Waals surface area contributed by atoms with Crippen molar-refractivity contribution < 1.29 is 8.78 Å². The van der Waals surface area contributed by atoms with E-state index in [2.05, 4.69) is 33.1 Å². The predicted molar refractivity (Wildman–Crippen MR) is 83.1 cm³/mol. The van der Waals surface area contributed by atoms with E-state index in [1.165, 1.54) is 25.0 Å². The molecular formula is C16H21BrF2N2. The van der Waals surface area contributed by atoms with Gasteiger partial charge in [0.25, 0.3) is 0 Å². The van der Waals surface area contributed by atoms with Crippen LogP contribution in [-0.2, 0) is 6.54 Å². The minimum atomic E-state index is -0.464. The molecule has 0 amide bonds. The highest BCUT2D eigenvalue weighted by molar-refractivity contribution is 9.10. The van der Waals surface area contributed by atoms with Gasteiger partial charge in [-0.25, -0.2) is 8.78 Å². The lowest BCUT2D eigenvalue weighted by Crippen LogP contribution is -2.62. The van der Waals surface area contributed by atoms with Gasteiger partial charge in [0.2, 0.25) is 0 Å². The topological polar surface area (TPSA) is 15.3 Å². The van der Waals surface area contributed by atoms with Gasteiger partial charge in [0.05, 0.1) is 4.47 Å². The normalized spacial score (nSPS) is 25.6. The highest BCUT2D eigenvalue weighted by Gasteiger charge is 2.43. The van der Waals surface area contributed by atoms with Crippen LogP contribution in [-0.4, -0.2) is 29.6 Å². The van der Waals surface area contributed by atoms with Gasteiger partial charge in [-0.3, -0.25) is 4.90 Å². The van der Waals surface area contributed by atoms with Gasteiger partial charge < -0.3 is 5.32 Å². The fourth-order valence-corrected chi connectivity index (χ4v) is 4.10. The first-order valence-electron chi connectivity index (χ1n) is 7.63. The monoisotopic (exact) mass is 358 g/mol. The fourth-order valence-electron chi connectivity index (χ4n) is 3.73. The van der Waals surface area contributed by atoms with Crippen molar-refractivity contribution in [2.75, 3.05) is 13.1 Å². The Morgan fingerprint density at radius 2 is 2.05 bits per heavy atom. The maximum atomic E-state index is 14.3. The van der Waals surface area contributed by atoms with Crippen molar-refractivity contribution in [1.82, 2.24) is 10.2 Å². The summed E-state index contributed by atoms with van der Waals surface area (Å²) >= 11 is 3.16. The second-order valence-electron chi connectivity index (χ2n) is 6.42. The Kier molecular flexibility index (Phi) is 4.35. The van der Waals surface area contributed by atoms with Gasteiger partial charge in [0.15, 0.2) is 0 Å². The summed E-state index contributed by atoms with van der Waals surface area (Å²) in [4.78, 5) is 2.30. The van der Waals surface area contributed by atoms with Crippen molar-refractivity contribution in [1.29, 1.82) is 0 Å². The summed E-state index contributed by atoms with van der Waals surface area (Å²) in [5, 5.41) is 3.53. The summed E-state index contributed by atoms with van der Waals surface area (Å²) in [5.41, 5.74) is 0.262. The van der Waals surface area contributed by atoms with Crippen LogP contribution in [0.2, 0.25) is 0 Å². The molecule has 1 aliphatic carbocycles. The van der Waals surface area contributed by atoms with Crippen molar-refractivity contribution in [3.05, 3.63) is 33.8 Å². The molecule has 3 rings (SSSR count). The molecule has 2 fully saturated rings. The number of nitrogens with zero attached hydrogens (tertiary/aromatic N) is 1. The first-order chi connectivity index (χ1) is 10.0. The molecule has 21 heavy (non-hydrogen) atoms. The Labute approximate surface area is 133 Å². The third kappa shape index (κ3) is 2.88. The molecule has 5 heteroatoms. The molecule has 0 aromatic heterocycles. The summed E-state index contributed by atoms with van der Waals surface area (Å²) in [6.45, 7) is 4.24.